The molecule has 2 atom stereocenters. The highest BCUT2D eigenvalue weighted by Gasteiger charge is 2.32. The van der Waals surface area contributed by atoms with E-state index in [1.165, 1.54) is 0 Å². The fourth-order valence-electron chi connectivity index (χ4n) is 4.10. The second-order valence-corrected chi connectivity index (χ2v) is 9.54. The number of ether oxygens (including phenoxy) is 4. The first-order chi connectivity index (χ1) is 17.3. The van der Waals surface area contributed by atoms with Crippen molar-refractivity contribution >= 4 is 17.3 Å². The molecule has 0 spiro atoms. The van der Waals surface area contributed by atoms with E-state index in [4.69, 9.17) is 24.7 Å². The Bertz CT molecular complexity index is 1130. The van der Waals surface area contributed by atoms with Crippen LogP contribution in [0.1, 0.15) is 39.3 Å². The summed E-state index contributed by atoms with van der Waals surface area (Å²) in [4.78, 5) is 14.8. The third kappa shape index (κ3) is 5.98. The maximum atomic E-state index is 12.6. The first-order valence-corrected chi connectivity index (χ1v) is 12.2. The minimum absolute atomic E-state index is 0.354. The summed E-state index contributed by atoms with van der Waals surface area (Å²) in [5.74, 6) is 1.89. The highest BCUT2D eigenvalue weighted by Crippen LogP contribution is 2.45. The third-order valence-corrected chi connectivity index (χ3v) is 5.69. The Morgan fingerprint density at radius 2 is 1.53 bits per heavy atom. The molecule has 0 saturated carbocycles. The third-order valence-electron chi connectivity index (χ3n) is 5.69. The van der Waals surface area contributed by atoms with Gasteiger partial charge in [0, 0.05) is 6.61 Å². The van der Waals surface area contributed by atoms with Gasteiger partial charge in [0.05, 0.1) is 24.0 Å². The normalized spacial score (nSPS) is 14.2. The summed E-state index contributed by atoms with van der Waals surface area (Å²) >= 11 is 0. The van der Waals surface area contributed by atoms with Gasteiger partial charge >= 0.3 is 5.97 Å². The Balaban J connectivity index is 1.40. The van der Waals surface area contributed by atoms with Crippen LogP contribution >= 0.6 is 0 Å². The van der Waals surface area contributed by atoms with E-state index in [2.05, 4.69) is 4.90 Å². The molecule has 1 heterocycles. The molecule has 2 unspecified atom stereocenters. The average Bonchev–Trinajstić information content (AvgIpc) is 2.85. The van der Waals surface area contributed by atoms with Gasteiger partial charge in [-0.25, -0.2) is 4.79 Å². The lowest BCUT2D eigenvalue weighted by Crippen LogP contribution is -2.40. The molecule has 0 bridgehead atoms. The molecule has 0 aliphatic carbocycles. The van der Waals surface area contributed by atoms with E-state index in [1.54, 1.807) is 0 Å². The molecular weight excluding hydrogens is 456 g/mol. The van der Waals surface area contributed by atoms with Crippen LogP contribution in [0.2, 0.25) is 0 Å². The van der Waals surface area contributed by atoms with E-state index in [0.717, 1.165) is 28.4 Å². The van der Waals surface area contributed by atoms with E-state index >= 15 is 0 Å². The van der Waals surface area contributed by atoms with Crippen LogP contribution in [0.5, 0.6) is 17.2 Å². The van der Waals surface area contributed by atoms with E-state index in [0.29, 0.717) is 25.5 Å². The zero-order chi connectivity index (χ0) is 25.7. The summed E-state index contributed by atoms with van der Waals surface area (Å²) in [5, 5.41) is 0. The van der Waals surface area contributed by atoms with E-state index in [1.807, 2.05) is 100 Å². The van der Waals surface area contributed by atoms with Crippen molar-refractivity contribution in [3.63, 3.8) is 0 Å². The van der Waals surface area contributed by atoms with Gasteiger partial charge in [-0.2, -0.15) is 0 Å². The zero-order valence-corrected chi connectivity index (χ0v) is 21.3. The highest BCUT2D eigenvalue weighted by atomic mass is 16.6. The number of anilines is 2. The molecule has 1 aliphatic rings. The molecular formula is C29H34N2O5. The molecule has 4 rings (SSSR count). The van der Waals surface area contributed by atoms with Gasteiger partial charge in [-0.3, -0.25) is 0 Å². The molecule has 36 heavy (non-hydrogen) atoms. The van der Waals surface area contributed by atoms with Crippen molar-refractivity contribution in [2.75, 3.05) is 24.7 Å². The quantitative estimate of drug-likeness (QED) is 0.382. The molecule has 0 radical (unpaired) electrons. The van der Waals surface area contributed by atoms with Crippen LogP contribution in [-0.4, -0.2) is 37.4 Å². The van der Waals surface area contributed by atoms with Gasteiger partial charge in [0.1, 0.15) is 18.0 Å². The SMILES string of the molecule is CCOC(C(=O)OC(C)(C)C)C(N)c1ccc(OCCN2c3ccccc3Oc3ccccc32)cc1. The van der Waals surface area contributed by atoms with Crippen LogP contribution in [0.25, 0.3) is 0 Å². The Kier molecular flexibility index (Phi) is 7.82. The van der Waals surface area contributed by atoms with Crippen molar-refractivity contribution in [2.24, 2.45) is 5.73 Å². The number of nitrogens with zero attached hydrogens (tertiary/aromatic N) is 1. The number of nitrogens with two attached hydrogens (primary N) is 1. The van der Waals surface area contributed by atoms with Gasteiger partial charge in [0.2, 0.25) is 0 Å². The minimum atomic E-state index is -0.887. The number of esters is 1. The maximum absolute atomic E-state index is 12.6. The summed E-state index contributed by atoms with van der Waals surface area (Å²) in [6, 6.07) is 22.7. The number of hydrogen-bond donors (Lipinski definition) is 1. The molecule has 7 heteroatoms. The largest absolute Gasteiger partial charge is 0.492 e. The lowest BCUT2D eigenvalue weighted by molar-refractivity contribution is -0.170. The smallest absolute Gasteiger partial charge is 0.337 e. The van der Waals surface area contributed by atoms with Crippen molar-refractivity contribution in [3.05, 3.63) is 78.4 Å². The zero-order valence-electron chi connectivity index (χ0n) is 21.3. The summed E-state index contributed by atoms with van der Waals surface area (Å²) in [6.07, 6.45) is -0.887. The van der Waals surface area contributed by atoms with E-state index in [-0.39, 0.29) is 0 Å². The second-order valence-electron chi connectivity index (χ2n) is 9.54. The topological polar surface area (TPSA) is 83.2 Å². The summed E-state index contributed by atoms with van der Waals surface area (Å²) < 4.78 is 23.2. The predicted octanol–water partition coefficient (Wildman–Crippen LogP) is 5.76. The molecule has 0 fully saturated rings. The number of carbonyl (C=O) groups is 1. The average molecular weight is 491 g/mol. The molecule has 2 N–H and O–H groups in total. The van der Waals surface area contributed by atoms with Crippen LogP contribution in [0, 0.1) is 0 Å². The number of fused-ring (bicyclic) bond motifs is 2. The first-order valence-electron chi connectivity index (χ1n) is 12.2. The van der Waals surface area contributed by atoms with Crippen LogP contribution in [0.15, 0.2) is 72.8 Å². The number of para-hydroxylation sites is 4. The summed E-state index contributed by atoms with van der Waals surface area (Å²) in [6.45, 7) is 8.75. The highest BCUT2D eigenvalue weighted by molar-refractivity contribution is 5.78. The molecule has 3 aromatic rings. The molecule has 0 saturated heterocycles. The minimum Gasteiger partial charge on any atom is -0.492 e. The predicted molar refractivity (Wildman–Crippen MR) is 140 cm³/mol. The monoisotopic (exact) mass is 490 g/mol. The summed E-state index contributed by atoms with van der Waals surface area (Å²) in [7, 11) is 0. The molecule has 0 aromatic heterocycles. The molecule has 7 nitrogen and oxygen atoms in total. The standard InChI is InChI=1S/C29H34N2O5/c1-5-33-27(28(32)36-29(2,3)4)26(30)20-14-16-21(17-15-20)34-19-18-31-22-10-6-8-12-24(22)35-25-13-9-7-11-23(25)31/h6-17,26-27H,5,18-19,30H2,1-4H3. The van der Waals surface area contributed by atoms with E-state index < -0.39 is 23.7 Å². The molecule has 3 aromatic carbocycles. The Morgan fingerprint density at radius 3 is 2.08 bits per heavy atom. The Labute approximate surface area is 212 Å². The molecule has 1 aliphatic heterocycles. The number of rotatable bonds is 9. The van der Waals surface area contributed by atoms with Crippen LogP contribution in [-0.2, 0) is 14.3 Å². The second kappa shape index (κ2) is 11.0. The van der Waals surface area contributed by atoms with Crippen molar-refractivity contribution in [2.45, 2.75) is 45.4 Å². The van der Waals surface area contributed by atoms with Gasteiger partial charge in [0.25, 0.3) is 0 Å². The number of benzene rings is 3. The van der Waals surface area contributed by atoms with Crippen LogP contribution < -0.4 is 20.1 Å². The summed E-state index contributed by atoms with van der Waals surface area (Å²) in [5.41, 5.74) is 8.55. The van der Waals surface area contributed by atoms with Crippen molar-refractivity contribution in [1.82, 2.24) is 0 Å². The number of hydrogen-bond acceptors (Lipinski definition) is 7. The lowest BCUT2D eigenvalue weighted by Gasteiger charge is -2.32. The fourth-order valence-corrected chi connectivity index (χ4v) is 4.10. The van der Waals surface area contributed by atoms with Crippen molar-refractivity contribution < 1.29 is 23.7 Å². The first kappa shape index (κ1) is 25.5. The van der Waals surface area contributed by atoms with Crippen molar-refractivity contribution in [1.29, 1.82) is 0 Å². The molecule has 190 valence electrons. The van der Waals surface area contributed by atoms with E-state index in [9.17, 15) is 4.79 Å². The lowest BCUT2D eigenvalue weighted by atomic mass is 10.0. The Morgan fingerprint density at radius 1 is 0.944 bits per heavy atom. The fraction of sp³-hybridized carbons (Fsp3) is 0.345. The van der Waals surface area contributed by atoms with Gasteiger partial charge < -0.3 is 29.6 Å². The number of carbonyl (C=O) groups excluding carboxylic acids is 1. The van der Waals surface area contributed by atoms with Crippen LogP contribution in [0.3, 0.4) is 0 Å². The van der Waals surface area contributed by atoms with Gasteiger partial charge in [-0.15, -0.1) is 0 Å². The van der Waals surface area contributed by atoms with Crippen LogP contribution in [0.4, 0.5) is 11.4 Å². The van der Waals surface area contributed by atoms with Gasteiger partial charge in [-0.1, -0.05) is 36.4 Å². The van der Waals surface area contributed by atoms with Crippen molar-refractivity contribution in [3.8, 4) is 17.2 Å². The molecule has 0 amide bonds. The van der Waals surface area contributed by atoms with Gasteiger partial charge in [-0.05, 0) is 69.7 Å². The van der Waals surface area contributed by atoms with Gasteiger partial charge in [0.15, 0.2) is 17.6 Å². The Hall–Kier alpha value is -3.55. The maximum Gasteiger partial charge on any atom is 0.337 e.